The molecule has 0 aliphatic heterocycles. The number of rotatable bonds is 4. The number of anilines is 1. The highest BCUT2D eigenvalue weighted by Gasteiger charge is 2.24. The topological polar surface area (TPSA) is 74.7 Å². The second-order valence-electron chi connectivity index (χ2n) is 5.21. The van der Waals surface area contributed by atoms with Crippen LogP contribution < -0.4 is 4.31 Å². The van der Waals surface area contributed by atoms with Crippen LogP contribution in [0.3, 0.4) is 0 Å². The Hall–Kier alpha value is -2.05. The van der Waals surface area contributed by atoms with E-state index in [4.69, 9.17) is 16.7 Å². The van der Waals surface area contributed by atoms with Crippen LogP contribution in [0.5, 0.6) is 0 Å². The lowest BCUT2D eigenvalue weighted by molar-refractivity contribution is 0.0697. The zero-order valence-electron chi connectivity index (χ0n) is 12.9. The quantitative estimate of drug-likeness (QED) is 0.913. The first kappa shape index (κ1) is 17.3. The molecule has 0 aromatic heterocycles. The van der Waals surface area contributed by atoms with E-state index in [1.807, 2.05) is 26.0 Å². The number of hydrogen-bond acceptors (Lipinski definition) is 3. The van der Waals surface area contributed by atoms with Crippen LogP contribution in [-0.2, 0) is 10.0 Å². The minimum Gasteiger partial charge on any atom is -0.478 e. The lowest BCUT2D eigenvalue weighted by atomic mass is 10.1. The molecule has 0 radical (unpaired) electrons. The molecule has 122 valence electrons. The lowest BCUT2D eigenvalue weighted by Gasteiger charge is -2.22. The SMILES string of the molecule is Cc1ccc(C)c(N(C)S(=O)(=O)c2ccc(C(=O)O)c(Cl)c2)c1. The Balaban J connectivity index is 2.51. The average Bonchev–Trinajstić information content (AvgIpc) is 2.48. The van der Waals surface area contributed by atoms with Gasteiger partial charge in [0.05, 0.1) is 21.2 Å². The van der Waals surface area contributed by atoms with E-state index in [1.165, 1.54) is 23.5 Å². The van der Waals surface area contributed by atoms with Gasteiger partial charge < -0.3 is 5.11 Å². The van der Waals surface area contributed by atoms with E-state index in [1.54, 1.807) is 6.07 Å². The van der Waals surface area contributed by atoms with Gasteiger partial charge in [0, 0.05) is 7.05 Å². The van der Waals surface area contributed by atoms with Gasteiger partial charge in [0.1, 0.15) is 0 Å². The zero-order valence-corrected chi connectivity index (χ0v) is 14.4. The highest BCUT2D eigenvalue weighted by atomic mass is 35.5. The molecule has 0 heterocycles. The van der Waals surface area contributed by atoms with Crippen molar-refractivity contribution in [3.05, 3.63) is 58.1 Å². The smallest absolute Gasteiger partial charge is 0.337 e. The van der Waals surface area contributed by atoms with Crippen molar-refractivity contribution in [3.63, 3.8) is 0 Å². The molecule has 0 aliphatic rings. The molecule has 0 aliphatic carbocycles. The monoisotopic (exact) mass is 353 g/mol. The van der Waals surface area contributed by atoms with Gasteiger partial charge in [0.2, 0.25) is 0 Å². The maximum atomic E-state index is 12.7. The summed E-state index contributed by atoms with van der Waals surface area (Å²) in [4.78, 5) is 10.9. The van der Waals surface area contributed by atoms with Crippen molar-refractivity contribution in [2.45, 2.75) is 18.7 Å². The second-order valence-corrected chi connectivity index (χ2v) is 7.59. The molecule has 0 spiro atoms. The largest absolute Gasteiger partial charge is 0.478 e. The van der Waals surface area contributed by atoms with E-state index < -0.39 is 16.0 Å². The molecule has 0 atom stereocenters. The minimum atomic E-state index is -3.84. The number of carbonyl (C=O) groups is 1. The Morgan fingerprint density at radius 1 is 1.13 bits per heavy atom. The standard InChI is InChI=1S/C16H16ClNO4S/c1-10-4-5-11(2)15(8-10)18(3)23(21,22)12-6-7-13(16(19)20)14(17)9-12/h4-9H,1-3H3,(H,19,20). The number of halogens is 1. The van der Waals surface area contributed by atoms with E-state index in [-0.39, 0.29) is 15.5 Å². The van der Waals surface area contributed by atoms with Crippen molar-refractivity contribution in [3.8, 4) is 0 Å². The molecule has 2 aromatic rings. The maximum absolute atomic E-state index is 12.7. The molecule has 7 heteroatoms. The molecule has 5 nitrogen and oxygen atoms in total. The number of nitrogens with zero attached hydrogens (tertiary/aromatic N) is 1. The first-order valence-electron chi connectivity index (χ1n) is 6.73. The van der Waals surface area contributed by atoms with E-state index in [2.05, 4.69) is 0 Å². The Kier molecular flexibility index (Phi) is 4.68. The first-order valence-corrected chi connectivity index (χ1v) is 8.55. The molecule has 23 heavy (non-hydrogen) atoms. The third-order valence-electron chi connectivity index (χ3n) is 3.53. The lowest BCUT2D eigenvalue weighted by Crippen LogP contribution is -2.27. The van der Waals surface area contributed by atoms with Crippen LogP contribution in [0, 0.1) is 13.8 Å². The van der Waals surface area contributed by atoms with Crippen LogP contribution in [0.2, 0.25) is 5.02 Å². The van der Waals surface area contributed by atoms with Gasteiger partial charge in [-0.1, -0.05) is 23.7 Å². The van der Waals surface area contributed by atoms with Gasteiger partial charge in [-0.15, -0.1) is 0 Å². The summed E-state index contributed by atoms with van der Waals surface area (Å²) < 4.78 is 26.7. The van der Waals surface area contributed by atoms with Crippen LogP contribution in [-0.4, -0.2) is 26.5 Å². The molecule has 0 unspecified atom stereocenters. The van der Waals surface area contributed by atoms with Crippen molar-refractivity contribution < 1.29 is 18.3 Å². The third-order valence-corrected chi connectivity index (χ3v) is 5.61. The van der Waals surface area contributed by atoms with E-state index in [0.717, 1.165) is 17.2 Å². The molecule has 0 bridgehead atoms. The van der Waals surface area contributed by atoms with Crippen molar-refractivity contribution in [2.24, 2.45) is 0 Å². The summed E-state index contributed by atoms with van der Waals surface area (Å²) in [7, 11) is -2.39. The Bertz CT molecular complexity index is 878. The summed E-state index contributed by atoms with van der Waals surface area (Å²) in [6.45, 7) is 3.70. The summed E-state index contributed by atoms with van der Waals surface area (Å²) in [5.74, 6) is -1.21. The number of aryl methyl sites for hydroxylation is 2. The summed E-state index contributed by atoms with van der Waals surface area (Å²) in [6, 6.07) is 9.11. The van der Waals surface area contributed by atoms with Crippen LogP contribution in [0.15, 0.2) is 41.3 Å². The highest BCUT2D eigenvalue weighted by Crippen LogP contribution is 2.28. The fourth-order valence-corrected chi connectivity index (χ4v) is 3.78. The third kappa shape index (κ3) is 3.33. The van der Waals surface area contributed by atoms with Crippen molar-refractivity contribution in [1.29, 1.82) is 0 Å². The average molecular weight is 354 g/mol. The van der Waals surface area contributed by atoms with E-state index >= 15 is 0 Å². The van der Waals surface area contributed by atoms with Gasteiger partial charge in [-0.25, -0.2) is 13.2 Å². The van der Waals surface area contributed by atoms with Crippen LogP contribution in [0.4, 0.5) is 5.69 Å². The summed E-state index contributed by atoms with van der Waals surface area (Å²) in [5, 5.41) is 8.85. The molecular formula is C16H16ClNO4S. The normalized spacial score (nSPS) is 11.3. The molecule has 2 aromatic carbocycles. The second kappa shape index (κ2) is 6.22. The molecule has 2 rings (SSSR count). The minimum absolute atomic E-state index is 0.0593. The summed E-state index contributed by atoms with van der Waals surface area (Å²) >= 11 is 5.87. The highest BCUT2D eigenvalue weighted by molar-refractivity contribution is 7.92. The summed E-state index contributed by atoms with van der Waals surface area (Å²) in [5.41, 5.74) is 2.17. The van der Waals surface area contributed by atoms with Gasteiger partial charge >= 0.3 is 5.97 Å². The predicted octanol–water partition coefficient (Wildman–Crippen LogP) is 3.48. The number of benzene rings is 2. The van der Waals surface area contributed by atoms with Gasteiger partial charge in [-0.3, -0.25) is 4.31 Å². The van der Waals surface area contributed by atoms with Crippen molar-refractivity contribution >= 4 is 33.3 Å². The van der Waals surface area contributed by atoms with E-state index in [0.29, 0.717) is 5.69 Å². The first-order chi connectivity index (χ1) is 10.6. The number of carboxylic acid groups (broad SMARTS) is 1. The molecule has 0 saturated heterocycles. The van der Waals surface area contributed by atoms with Crippen LogP contribution in [0.25, 0.3) is 0 Å². The molecule has 0 fully saturated rings. The Morgan fingerprint density at radius 2 is 1.78 bits per heavy atom. The predicted molar refractivity (Wildman–Crippen MR) is 89.9 cm³/mol. The van der Waals surface area contributed by atoms with Gasteiger partial charge in [-0.05, 0) is 49.2 Å². The fourth-order valence-electron chi connectivity index (χ4n) is 2.18. The van der Waals surface area contributed by atoms with Crippen molar-refractivity contribution in [1.82, 2.24) is 0 Å². The Morgan fingerprint density at radius 3 is 2.35 bits per heavy atom. The number of aromatic carboxylic acids is 1. The van der Waals surface area contributed by atoms with Gasteiger partial charge in [-0.2, -0.15) is 0 Å². The number of sulfonamides is 1. The zero-order chi connectivity index (χ0) is 17.4. The molecule has 1 N–H and O–H groups in total. The molecule has 0 amide bonds. The Labute approximate surface area is 140 Å². The van der Waals surface area contributed by atoms with Crippen molar-refractivity contribution in [2.75, 3.05) is 11.4 Å². The molecule has 0 saturated carbocycles. The summed E-state index contributed by atoms with van der Waals surface area (Å²) in [6.07, 6.45) is 0. The maximum Gasteiger partial charge on any atom is 0.337 e. The van der Waals surface area contributed by atoms with Crippen LogP contribution in [0.1, 0.15) is 21.5 Å². The fraction of sp³-hybridized carbons (Fsp3) is 0.188. The molecular weight excluding hydrogens is 338 g/mol. The van der Waals surface area contributed by atoms with Gasteiger partial charge in [0.25, 0.3) is 10.0 Å². The van der Waals surface area contributed by atoms with Gasteiger partial charge in [0.15, 0.2) is 0 Å². The van der Waals surface area contributed by atoms with E-state index in [9.17, 15) is 13.2 Å². The number of hydrogen-bond donors (Lipinski definition) is 1. The van der Waals surface area contributed by atoms with Crippen LogP contribution >= 0.6 is 11.6 Å². The number of carboxylic acids is 1.